The molecule has 3 heteroatoms. The average molecular weight is 260 g/mol. The quantitative estimate of drug-likeness (QED) is 0.827. The van der Waals surface area contributed by atoms with Gasteiger partial charge in [-0.1, -0.05) is 44.4 Å². The molecule has 1 unspecified atom stereocenters. The van der Waals surface area contributed by atoms with Crippen molar-refractivity contribution in [2.45, 2.75) is 51.5 Å². The fraction of sp³-hybridized carbons (Fsp3) is 0.562. The maximum absolute atomic E-state index is 12.3. The van der Waals surface area contributed by atoms with Crippen LogP contribution in [0.25, 0.3) is 0 Å². The topological polar surface area (TPSA) is 46.3 Å². The molecule has 2 rings (SSSR count). The number of hydrogen-bond donors (Lipinski definition) is 1. The molecule has 0 fully saturated rings. The zero-order chi connectivity index (χ0) is 13.7. The summed E-state index contributed by atoms with van der Waals surface area (Å²) in [6.07, 6.45) is 6.05. The number of hydrogen-bond acceptors (Lipinski definition) is 2. The largest absolute Gasteiger partial charge is 0.326 e. The summed E-state index contributed by atoms with van der Waals surface area (Å²) in [6, 6.07) is 8.18. The molecule has 0 saturated heterocycles. The molecule has 1 atom stereocenters. The minimum atomic E-state index is 0.0643. The van der Waals surface area contributed by atoms with Crippen LogP contribution in [0.5, 0.6) is 0 Å². The zero-order valence-electron chi connectivity index (χ0n) is 11.8. The van der Waals surface area contributed by atoms with E-state index in [0.29, 0.717) is 13.0 Å². The van der Waals surface area contributed by atoms with Gasteiger partial charge in [0.25, 0.3) is 0 Å². The number of anilines is 1. The fourth-order valence-electron chi connectivity index (χ4n) is 2.70. The van der Waals surface area contributed by atoms with E-state index in [2.05, 4.69) is 13.0 Å². The summed E-state index contributed by atoms with van der Waals surface area (Å²) < 4.78 is 0. The summed E-state index contributed by atoms with van der Waals surface area (Å²) in [4.78, 5) is 14.2. The van der Waals surface area contributed by atoms with E-state index >= 15 is 0 Å². The van der Waals surface area contributed by atoms with Crippen LogP contribution in [0.15, 0.2) is 24.3 Å². The Bertz CT molecular complexity index is 431. The molecule has 2 N–H and O–H groups in total. The van der Waals surface area contributed by atoms with Crippen LogP contribution >= 0.6 is 0 Å². The highest BCUT2D eigenvalue weighted by molar-refractivity contribution is 5.94. The Kier molecular flexibility index (Phi) is 4.97. The predicted octanol–water partition coefficient (Wildman–Crippen LogP) is 2.87. The van der Waals surface area contributed by atoms with Gasteiger partial charge in [-0.25, -0.2) is 0 Å². The number of nitrogens with zero attached hydrogens (tertiary/aromatic N) is 1. The predicted molar refractivity (Wildman–Crippen MR) is 79.2 cm³/mol. The minimum absolute atomic E-state index is 0.0643. The van der Waals surface area contributed by atoms with Crippen molar-refractivity contribution >= 4 is 11.6 Å². The van der Waals surface area contributed by atoms with E-state index in [0.717, 1.165) is 24.9 Å². The van der Waals surface area contributed by atoms with Gasteiger partial charge in [0.15, 0.2) is 0 Å². The third kappa shape index (κ3) is 3.57. The Balaban J connectivity index is 2.01. The summed E-state index contributed by atoms with van der Waals surface area (Å²) in [7, 11) is 0. The first-order valence-electron chi connectivity index (χ1n) is 7.36. The van der Waals surface area contributed by atoms with E-state index in [1.807, 2.05) is 23.1 Å². The molecule has 0 saturated carbocycles. The van der Waals surface area contributed by atoms with Gasteiger partial charge in [0.2, 0.25) is 5.91 Å². The van der Waals surface area contributed by atoms with E-state index < -0.39 is 0 Å². The number of carbonyl (C=O) groups is 1. The molecule has 1 heterocycles. The van der Waals surface area contributed by atoms with E-state index in [4.69, 9.17) is 5.73 Å². The first-order chi connectivity index (χ1) is 9.22. The standard InChI is InChI=1S/C16H24N2O/c1-2-3-4-5-10-16(19)18-12-14(17)11-13-8-6-7-9-15(13)18/h6-9,14H,2-5,10-12,17H2,1H3. The van der Waals surface area contributed by atoms with Crippen molar-refractivity contribution < 1.29 is 4.79 Å². The van der Waals surface area contributed by atoms with Crippen molar-refractivity contribution in [3.8, 4) is 0 Å². The van der Waals surface area contributed by atoms with Crippen molar-refractivity contribution in [3.63, 3.8) is 0 Å². The summed E-state index contributed by atoms with van der Waals surface area (Å²) in [6.45, 7) is 2.84. The molecule has 1 aromatic rings. The summed E-state index contributed by atoms with van der Waals surface area (Å²) in [5, 5.41) is 0. The molecule has 0 aliphatic carbocycles. The number of para-hydroxylation sites is 1. The fourth-order valence-corrected chi connectivity index (χ4v) is 2.70. The summed E-state index contributed by atoms with van der Waals surface area (Å²) in [5.74, 6) is 0.221. The van der Waals surface area contributed by atoms with Crippen LogP contribution < -0.4 is 10.6 Å². The molecular weight excluding hydrogens is 236 g/mol. The maximum atomic E-state index is 12.3. The second kappa shape index (κ2) is 6.71. The van der Waals surface area contributed by atoms with Gasteiger partial charge in [0.05, 0.1) is 0 Å². The molecule has 1 aromatic carbocycles. The molecule has 19 heavy (non-hydrogen) atoms. The van der Waals surface area contributed by atoms with Gasteiger partial charge in [-0.3, -0.25) is 4.79 Å². The number of benzene rings is 1. The van der Waals surface area contributed by atoms with Crippen LogP contribution in [-0.2, 0) is 11.2 Å². The summed E-state index contributed by atoms with van der Waals surface area (Å²) in [5.41, 5.74) is 8.32. The lowest BCUT2D eigenvalue weighted by Gasteiger charge is -2.33. The number of fused-ring (bicyclic) bond motifs is 1. The Morgan fingerprint density at radius 1 is 1.32 bits per heavy atom. The minimum Gasteiger partial charge on any atom is -0.326 e. The highest BCUT2D eigenvalue weighted by Gasteiger charge is 2.25. The van der Waals surface area contributed by atoms with Crippen molar-refractivity contribution in [2.24, 2.45) is 5.73 Å². The van der Waals surface area contributed by atoms with Crippen LogP contribution in [0.2, 0.25) is 0 Å². The number of amides is 1. The maximum Gasteiger partial charge on any atom is 0.227 e. The average Bonchev–Trinajstić information content (AvgIpc) is 2.42. The van der Waals surface area contributed by atoms with Gasteiger partial charge >= 0.3 is 0 Å². The van der Waals surface area contributed by atoms with Crippen LogP contribution in [0.1, 0.15) is 44.6 Å². The molecule has 0 aromatic heterocycles. The molecule has 104 valence electrons. The van der Waals surface area contributed by atoms with Gasteiger partial charge in [0, 0.05) is 24.7 Å². The first kappa shape index (κ1) is 14.1. The van der Waals surface area contributed by atoms with Gasteiger partial charge in [-0.2, -0.15) is 0 Å². The van der Waals surface area contributed by atoms with Gasteiger partial charge < -0.3 is 10.6 Å². The first-order valence-corrected chi connectivity index (χ1v) is 7.36. The summed E-state index contributed by atoms with van der Waals surface area (Å²) >= 11 is 0. The SMILES string of the molecule is CCCCCCC(=O)N1CC(N)Cc2ccccc21. The molecular formula is C16H24N2O. The monoisotopic (exact) mass is 260 g/mol. The Morgan fingerprint density at radius 2 is 2.11 bits per heavy atom. The van der Waals surface area contributed by atoms with Crippen LogP contribution in [0, 0.1) is 0 Å². The number of carbonyl (C=O) groups excluding carboxylic acids is 1. The molecule has 1 aliphatic rings. The molecule has 0 bridgehead atoms. The molecule has 0 spiro atoms. The number of rotatable bonds is 5. The van der Waals surface area contributed by atoms with Crippen molar-refractivity contribution in [1.29, 1.82) is 0 Å². The van der Waals surface area contributed by atoms with Crippen LogP contribution in [0.4, 0.5) is 5.69 Å². The second-order valence-electron chi connectivity index (χ2n) is 5.41. The van der Waals surface area contributed by atoms with Crippen LogP contribution in [0.3, 0.4) is 0 Å². The van der Waals surface area contributed by atoms with E-state index in [1.165, 1.54) is 18.4 Å². The van der Waals surface area contributed by atoms with Gasteiger partial charge in [-0.05, 0) is 24.5 Å². The third-order valence-electron chi connectivity index (χ3n) is 3.73. The highest BCUT2D eigenvalue weighted by Crippen LogP contribution is 2.27. The van der Waals surface area contributed by atoms with Gasteiger partial charge in [-0.15, -0.1) is 0 Å². The lowest BCUT2D eigenvalue weighted by Crippen LogP contribution is -2.46. The molecule has 1 amide bonds. The van der Waals surface area contributed by atoms with Crippen molar-refractivity contribution in [1.82, 2.24) is 0 Å². The Hall–Kier alpha value is -1.35. The third-order valence-corrected chi connectivity index (χ3v) is 3.73. The normalized spacial score (nSPS) is 18.2. The molecule has 3 nitrogen and oxygen atoms in total. The number of nitrogens with two attached hydrogens (primary N) is 1. The Morgan fingerprint density at radius 3 is 2.89 bits per heavy atom. The smallest absolute Gasteiger partial charge is 0.227 e. The zero-order valence-corrected chi connectivity index (χ0v) is 11.8. The number of unbranched alkanes of at least 4 members (excludes halogenated alkanes) is 3. The Labute approximate surface area is 115 Å². The second-order valence-corrected chi connectivity index (χ2v) is 5.41. The van der Waals surface area contributed by atoms with E-state index in [9.17, 15) is 4.79 Å². The molecule has 1 aliphatic heterocycles. The lowest BCUT2D eigenvalue weighted by atomic mass is 9.98. The van der Waals surface area contributed by atoms with Gasteiger partial charge in [0.1, 0.15) is 0 Å². The van der Waals surface area contributed by atoms with E-state index in [1.54, 1.807) is 0 Å². The van der Waals surface area contributed by atoms with Crippen molar-refractivity contribution in [3.05, 3.63) is 29.8 Å². The van der Waals surface area contributed by atoms with Crippen molar-refractivity contribution in [2.75, 3.05) is 11.4 Å². The highest BCUT2D eigenvalue weighted by atomic mass is 16.2. The lowest BCUT2D eigenvalue weighted by molar-refractivity contribution is -0.118. The van der Waals surface area contributed by atoms with Crippen LogP contribution in [-0.4, -0.2) is 18.5 Å². The molecule has 0 radical (unpaired) electrons. The van der Waals surface area contributed by atoms with E-state index in [-0.39, 0.29) is 11.9 Å².